The van der Waals surface area contributed by atoms with Crippen molar-refractivity contribution in [3.05, 3.63) is 21.9 Å². The van der Waals surface area contributed by atoms with Crippen molar-refractivity contribution in [1.82, 2.24) is 10.2 Å². The van der Waals surface area contributed by atoms with Crippen LogP contribution in [0.5, 0.6) is 0 Å². The number of rotatable bonds is 2. The minimum atomic E-state index is -0.0634. The number of hydrogen-bond acceptors (Lipinski definition) is 4. The van der Waals surface area contributed by atoms with Gasteiger partial charge >= 0.3 is 0 Å². The maximum absolute atomic E-state index is 8.70. The molecule has 2 atom stereocenters. The Hall–Kier alpha value is -0.860. The Morgan fingerprint density at radius 3 is 3.16 bits per heavy atom. The molecule has 3 heterocycles. The van der Waals surface area contributed by atoms with Crippen molar-refractivity contribution in [2.45, 2.75) is 37.9 Å². The van der Waals surface area contributed by atoms with E-state index in [1.165, 1.54) is 37.2 Å². The smallest absolute Gasteiger partial charge is 0.104 e. The summed E-state index contributed by atoms with van der Waals surface area (Å²) in [5.41, 5.74) is 1.03. The first kappa shape index (κ1) is 13.1. The number of aliphatic hydroxyl groups excluding tert-OH is 1. The van der Waals surface area contributed by atoms with Crippen molar-refractivity contribution in [2.24, 2.45) is 0 Å². The molecule has 1 aromatic rings. The van der Waals surface area contributed by atoms with Crippen LogP contribution in [0.2, 0.25) is 0 Å². The third-order valence-corrected chi connectivity index (χ3v) is 4.87. The summed E-state index contributed by atoms with van der Waals surface area (Å²) in [4.78, 5) is 3.94. The zero-order valence-electron chi connectivity index (χ0n) is 11.1. The van der Waals surface area contributed by atoms with Gasteiger partial charge in [-0.2, -0.15) is 0 Å². The molecule has 19 heavy (non-hydrogen) atoms. The molecule has 2 aliphatic rings. The Labute approximate surface area is 118 Å². The van der Waals surface area contributed by atoms with Gasteiger partial charge in [-0.05, 0) is 25.3 Å². The van der Waals surface area contributed by atoms with Crippen molar-refractivity contribution in [1.29, 1.82) is 0 Å². The molecule has 4 heteroatoms. The summed E-state index contributed by atoms with van der Waals surface area (Å²) in [6.45, 7) is 3.35. The quantitative estimate of drug-likeness (QED) is 0.802. The molecule has 0 amide bonds. The van der Waals surface area contributed by atoms with E-state index < -0.39 is 0 Å². The van der Waals surface area contributed by atoms with Crippen LogP contribution >= 0.6 is 11.3 Å². The molecule has 2 N–H and O–H groups in total. The molecule has 3 rings (SSSR count). The van der Waals surface area contributed by atoms with Gasteiger partial charge in [-0.1, -0.05) is 11.8 Å². The molecule has 2 fully saturated rings. The lowest BCUT2D eigenvalue weighted by atomic mass is 10.1. The van der Waals surface area contributed by atoms with E-state index in [0.717, 1.165) is 18.2 Å². The van der Waals surface area contributed by atoms with Crippen LogP contribution in [0.25, 0.3) is 0 Å². The molecular weight excluding hydrogens is 256 g/mol. The van der Waals surface area contributed by atoms with Gasteiger partial charge in [-0.15, -0.1) is 11.3 Å². The Bertz CT molecular complexity index is 488. The molecule has 2 aliphatic heterocycles. The number of likely N-dealkylation sites (tertiary alicyclic amines) is 1. The standard InChI is InChI=1S/C15H20N2OS/c18-7-1-2-12-8-15(19-11-12)10-17-6-5-13-3-4-14(9-17)16-13/h8,11,13-14,16,18H,3-7,9-10H2/t13-,14+/m1/s1. The number of thiophene rings is 1. The summed E-state index contributed by atoms with van der Waals surface area (Å²) in [6, 6.07) is 3.61. The Morgan fingerprint density at radius 1 is 1.37 bits per heavy atom. The fourth-order valence-electron chi connectivity index (χ4n) is 3.05. The zero-order valence-corrected chi connectivity index (χ0v) is 11.9. The first-order valence-electron chi connectivity index (χ1n) is 6.99. The molecule has 0 spiro atoms. The molecule has 2 bridgehead atoms. The summed E-state index contributed by atoms with van der Waals surface area (Å²) < 4.78 is 0. The molecule has 0 aromatic carbocycles. The largest absolute Gasteiger partial charge is 0.384 e. The number of aliphatic hydroxyl groups is 1. The van der Waals surface area contributed by atoms with Gasteiger partial charge in [0.25, 0.3) is 0 Å². The Balaban J connectivity index is 1.60. The van der Waals surface area contributed by atoms with E-state index in [2.05, 4.69) is 33.5 Å². The fourth-order valence-corrected chi connectivity index (χ4v) is 3.91. The van der Waals surface area contributed by atoms with Gasteiger partial charge < -0.3 is 10.4 Å². The number of nitrogens with one attached hydrogen (secondary N) is 1. The molecule has 0 saturated carbocycles. The van der Waals surface area contributed by atoms with Gasteiger partial charge in [0.05, 0.1) is 0 Å². The van der Waals surface area contributed by atoms with E-state index in [0.29, 0.717) is 6.04 Å². The van der Waals surface area contributed by atoms with Crippen molar-refractivity contribution in [2.75, 3.05) is 19.7 Å². The summed E-state index contributed by atoms with van der Waals surface area (Å²) >= 11 is 1.77. The molecule has 2 saturated heterocycles. The highest BCUT2D eigenvalue weighted by Crippen LogP contribution is 2.23. The predicted octanol–water partition coefficient (Wildman–Crippen LogP) is 1.42. The highest BCUT2D eigenvalue weighted by atomic mass is 32.1. The molecular formula is C15H20N2OS. The van der Waals surface area contributed by atoms with E-state index in [-0.39, 0.29) is 6.61 Å². The van der Waals surface area contributed by atoms with Gasteiger partial charge in [0.2, 0.25) is 0 Å². The summed E-state index contributed by atoms with van der Waals surface area (Å²) in [7, 11) is 0. The highest BCUT2D eigenvalue weighted by Gasteiger charge is 2.29. The zero-order chi connectivity index (χ0) is 13.1. The fraction of sp³-hybridized carbons (Fsp3) is 0.600. The minimum Gasteiger partial charge on any atom is -0.384 e. The predicted molar refractivity (Wildman–Crippen MR) is 78.1 cm³/mol. The summed E-state index contributed by atoms with van der Waals surface area (Å²) in [6.07, 6.45) is 3.97. The second-order valence-electron chi connectivity index (χ2n) is 5.42. The van der Waals surface area contributed by atoms with Crippen LogP contribution in [-0.4, -0.2) is 41.8 Å². The second-order valence-corrected chi connectivity index (χ2v) is 6.42. The van der Waals surface area contributed by atoms with Crippen LogP contribution in [-0.2, 0) is 6.54 Å². The number of fused-ring (bicyclic) bond motifs is 2. The molecule has 0 aliphatic carbocycles. The minimum absolute atomic E-state index is 0.0634. The lowest BCUT2D eigenvalue weighted by Crippen LogP contribution is -2.34. The number of hydrogen-bond donors (Lipinski definition) is 2. The first-order chi connectivity index (χ1) is 9.33. The van der Waals surface area contributed by atoms with Gasteiger partial charge in [-0.25, -0.2) is 0 Å². The summed E-state index contributed by atoms with van der Waals surface area (Å²) in [5.74, 6) is 5.67. The van der Waals surface area contributed by atoms with E-state index in [1.807, 2.05) is 0 Å². The van der Waals surface area contributed by atoms with E-state index >= 15 is 0 Å². The normalized spacial score (nSPS) is 26.8. The van der Waals surface area contributed by atoms with Gasteiger partial charge in [-0.3, -0.25) is 4.90 Å². The first-order valence-corrected chi connectivity index (χ1v) is 7.87. The molecule has 102 valence electrons. The SMILES string of the molecule is OCC#Cc1csc(CN2CC[C@H]3CC[C@@H](C2)N3)c1. The Kier molecular flexibility index (Phi) is 4.19. The van der Waals surface area contributed by atoms with Crippen molar-refractivity contribution in [3.8, 4) is 11.8 Å². The van der Waals surface area contributed by atoms with E-state index in [9.17, 15) is 0 Å². The lowest BCUT2D eigenvalue weighted by Gasteiger charge is -2.23. The molecule has 3 nitrogen and oxygen atoms in total. The third-order valence-electron chi connectivity index (χ3n) is 3.95. The maximum atomic E-state index is 8.70. The molecule has 0 radical (unpaired) electrons. The van der Waals surface area contributed by atoms with Crippen molar-refractivity contribution < 1.29 is 5.11 Å². The Morgan fingerprint density at radius 2 is 2.26 bits per heavy atom. The van der Waals surface area contributed by atoms with Crippen LogP contribution in [0.4, 0.5) is 0 Å². The van der Waals surface area contributed by atoms with Gasteiger partial charge in [0.1, 0.15) is 6.61 Å². The van der Waals surface area contributed by atoms with Crippen LogP contribution in [0, 0.1) is 11.8 Å². The van der Waals surface area contributed by atoms with Gasteiger partial charge in [0, 0.05) is 47.5 Å². The van der Waals surface area contributed by atoms with Crippen molar-refractivity contribution >= 4 is 11.3 Å². The van der Waals surface area contributed by atoms with Crippen LogP contribution in [0.15, 0.2) is 11.4 Å². The third kappa shape index (κ3) is 3.37. The van der Waals surface area contributed by atoms with Crippen LogP contribution in [0.1, 0.15) is 29.7 Å². The monoisotopic (exact) mass is 276 g/mol. The highest BCUT2D eigenvalue weighted by molar-refractivity contribution is 7.10. The molecule has 0 unspecified atom stereocenters. The van der Waals surface area contributed by atoms with E-state index in [1.54, 1.807) is 11.3 Å². The maximum Gasteiger partial charge on any atom is 0.104 e. The second kappa shape index (κ2) is 6.06. The van der Waals surface area contributed by atoms with Crippen LogP contribution in [0.3, 0.4) is 0 Å². The lowest BCUT2D eigenvalue weighted by molar-refractivity contribution is 0.253. The number of nitrogens with zero attached hydrogens (tertiary/aromatic N) is 1. The van der Waals surface area contributed by atoms with Crippen LogP contribution < -0.4 is 5.32 Å². The molecule has 1 aromatic heterocycles. The van der Waals surface area contributed by atoms with Crippen molar-refractivity contribution in [3.63, 3.8) is 0 Å². The average Bonchev–Trinajstić information content (AvgIpc) is 2.97. The average molecular weight is 276 g/mol. The van der Waals surface area contributed by atoms with E-state index in [4.69, 9.17) is 5.11 Å². The topological polar surface area (TPSA) is 35.5 Å². The summed E-state index contributed by atoms with van der Waals surface area (Å²) in [5, 5.41) is 14.5. The van der Waals surface area contributed by atoms with Gasteiger partial charge in [0.15, 0.2) is 0 Å².